The van der Waals surface area contributed by atoms with Crippen molar-refractivity contribution >= 4 is 15.9 Å². The van der Waals surface area contributed by atoms with Gasteiger partial charge in [-0.05, 0) is 45.1 Å². The number of piperidine rings is 1. The van der Waals surface area contributed by atoms with Crippen LogP contribution in [0.2, 0.25) is 0 Å². The van der Waals surface area contributed by atoms with Gasteiger partial charge in [0.1, 0.15) is 0 Å². The fourth-order valence-electron chi connectivity index (χ4n) is 3.03. The van der Waals surface area contributed by atoms with Gasteiger partial charge in [-0.15, -0.1) is 0 Å². The first kappa shape index (κ1) is 18.9. The number of amides is 1. The molecule has 5 nitrogen and oxygen atoms in total. The predicted molar refractivity (Wildman–Crippen MR) is 96.1 cm³/mol. The predicted octanol–water partition coefficient (Wildman–Crippen LogP) is 2.19. The van der Waals surface area contributed by atoms with Crippen LogP contribution in [0.5, 0.6) is 0 Å². The van der Waals surface area contributed by atoms with Gasteiger partial charge < -0.3 is 5.32 Å². The maximum Gasteiger partial charge on any atom is 0.223 e. The lowest BCUT2D eigenvalue weighted by molar-refractivity contribution is -0.126. The molecule has 0 unspecified atom stereocenters. The summed E-state index contributed by atoms with van der Waals surface area (Å²) in [5.41, 5.74) is 1.16. The van der Waals surface area contributed by atoms with Crippen LogP contribution in [0, 0.1) is 5.92 Å². The number of sulfonamides is 1. The van der Waals surface area contributed by atoms with E-state index in [-0.39, 0.29) is 23.6 Å². The van der Waals surface area contributed by atoms with Gasteiger partial charge in [-0.3, -0.25) is 4.79 Å². The Bertz CT molecular complexity index is 621. The molecule has 1 heterocycles. The van der Waals surface area contributed by atoms with E-state index >= 15 is 0 Å². The maximum absolute atomic E-state index is 12.5. The second-order valence-electron chi connectivity index (χ2n) is 6.74. The van der Waals surface area contributed by atoms with Gasteiger partial charge in [0.05, 0.1) is 5.75 Å². The number of aryl methyl sites for hydroxylation is 1. The van der Waals surface area contributed by atoms with Crippen molar-refractivity contribution in [3.05, 3.63) is 35.9 Å². The molecule has 0 aromatic heterocycles. The number of carbonyl (C=O) groups is 1. The molecule has 1 saturated heterocycles. The summed E-state index contributed by atoms with van der Waals surface area (Å²) in [6.07, 6.45) is 2.61. The Morgan fingerprint density at radius 3 is 2.42 bits per heavy atom. The smallest absolute Gasteiger partial charge is 0.223 e. The fourth-order valence-corrected chi connectivity index (χ4v) is 4.57. The van der Waals surface area contributed by atoms with Crippen LogP contribution >= 0.6 is 0 Å². The van der Waals surface area contributed by atoms with E-state index in [9.17, 15) is 13.2 Å². The molecule has 0 aliphatic carbocycles. The Hall–Kier alpha value is -1.40. The number of carbonyl (C=O) groups excluding carboxylic acids is 1. The molecule has 0 bridgehead atoms. The molecule has 1 aliphatic heterocycles. The van der Waals surface area contributed by atoms with Crippen molar-refractivity contribution in [3.63, 3.8) is 0 Å². The zero-order valence-electron chi connectivity index (χ0n) is 14.6. The van der Waals surface area contributed by atoms with Crippen LogP contribution in [0.4, 0.5) is 0 Å². The number of hydrogen-bond acceptors (Lipinski definition) is 3. The van der Waals surface area contributed by atoms with E-state index in [2.05, 4.69) is 5.32 Å². The summed E-state index contributed by atoms with van der Waals surface area (Å²) >= 11 is 0. The van der Waals surface area contributed by atoms with Gasteiger partial charge in [0.2, 0.25) is 15.9 Å². The minimum Gasteiger partial charge on any atom is -0.354 e. The van der Waals surface area contributed by atoms with Crippen LogP contribution < -0.4 is 5.32 Å². The SMILES string of the molecule is CC(C)NC(=O)C1CCN(S(=O)(=O)CCCc2ccccc2)CC1. The Labute approximate surface area is 145 Å². The minimum atomic E-state index is -3.22. The molecule has 2 rings (SSSR count). The molecule has 1 aliphatic rings. The summed E-state index contributed by atoms with van der Waals surface area (Å²) < 4.78 is 26.5. The molecule has 1 aromatic carbocycles. The average Bonchev–Trinajstić information content (AvgIpc) is 2.55. The van der Waals surface area contributed by atoms with Crippen molar-refractivity contribution in [2.45, 2.75) is 45.6 Å². The number of benzene rings is 1. The van der Waals surface area contributed by atoms with E-state index < -0.39 is 10.0 Å². The minimum absolute atomic E-state index is 0.0473. The number of hydrogen-bond donors (Lipinski definition) is 1. The van der Waals surface area contributed by atoms with Crippen LogP contribution in [0.25, 0.3) is 0 Å². The van der Waals surface area contributed by atoms with E-state index in [1.165, 1.54) is 0 Å². The summed E-state index contributed by atoms with van der Waals surface area (Å²) in [7, 11) is -3.22. The van der Waals surface area contributed by atoms with Crippen LogP contribution in [0.15, 0.2) is 30.3 Å². The van der Waals surface area contributed by atoms with Gasteiger partial charge in [0, 0.05) is 25.0 Å². The Balaban J connectivity index is 1.78. The van der Waals surface area contributed by atoms with Crippen molar-refractivity contribution < 1.29 is 13.2 Å². The lowest BCUT2D eigenvalue weighted by Gasteiger charge is -2.31. The average molecular weight is 353 g/mol. The van der Waals surface area contributed by atoms with Crippen molar-refractivity contribution in [1.29, 1.82) is 0 Å². The zero-order chi connectivity index (χ0) is 17.6. The number of nitrogens with one attached hydrogen (secondary N) is 1. The quantitative estimate of drug-likeness (QED) is 0.818. The third kappa shape index (κ3) is 5.60. The molecule has 0 atom stereocenters. The largest absolute Gasteiger partial charge is 0.354 e. The highest BCUT2D eigenvalue weighted by Gasteiger charge is 2.30. The second kappa shape index (κ2) is 8.62. The van der Waals surface area contributed by atoms with Gasteiger partial charge in [0.25, 0.3) is 0 Å². The van der Waals surface area contributed by atoms with Gasteiger partial charge >= 0.3 is 0 Å². The molecule has 1 amide bonds. The van der Waals surface area contributed by atoms with E-state index in [0.717, 1.165) is 12.0 Å². The first-order valence-electron chi connectivity index (χ1n) is 8.70. The molecule has 1 fully saturated rings. The monoisotopic (exact) mass is 352 g/mol. The standard InChI is InChI=1S/C18H28N2O3S/c1-15(2)19-18(21)17-10-12-20(13-11-17)24(22,23)14-6-9-16-7-4-3-5-8-16/h3-5,7-8,15,17H,6,9-14H2,1-2H3,(H,19,21). The first-order valence-corrected chi connectivity index (χ1v) is 10.3. The number of rotatable bonds is 7. The second-order valence-corrected chi connectivity index (χ2v) is 8.83. The summed E-state index contributed by atoms with van der Waals surface area (Å²) in [6, 6.07) is 10.1. The van der Waals surface area contributed by atoms with Gasteiger partial charge in [-0.2, -0.15) is 0 Å². The van der Waals surface area contributed by atoms with E-state index in [4.69, 9.17) is 0 Å². The number of nitrogens with zero attached hydrogens (tertiary/aromatic N) is 1. The lowest BCUT2D eigenvalue weighted by Crippen LogP contribution is -2.44. The molecule has 0 spiro atoms. The molecular weight excluding hydrogens is 324 g/mol. The van der Waals surface area contributed by atoms with Crippen LogP contribution in [0.3, 0.4) is 0 Å². The van der Waals surface area contributed by atoms with E-state index in [1.807, 2.05) is 44.2 Å². The molecule has 24 heavy (non-hydrogen) atoms. The van der Waals surface area contributed by atoms with Crippen LogP contribution in [0.1, 0.15) is 38.7 Å². The fraction of sp³-hybridized carbons (Fsp3) is 0.611. The molecule has 0 radical (unpaired) electrons. The Morgan fingerprint density at radius 2 is 1.83 bits per heavy atom. The molecule has 1 aromatic rings. The lowest BCUT2D eigenvalue weighted by atomic mass is 9.97. The summed E-state index contributed by atoms with van der Waals surface area (Å²) in [5.74, 6) is 0.152. The molecule has 1 N–H and O–H groups in total. The molecule has 134 valence electrons. The van der Waals surface area contributed by atoms with E-state index in [0.29, 0.717) is 32.4 Å². The summed E-state index contributed by atoms with van der Waals surface area (Å²) in [4.78, 5) is 12.0. The van der Waals surface area contributed by atoms with Crippen molar-refractivity contribution in [1.82, 2.24) is 9.62 Å². The van der Waals surface area contributed by atoms with Gasteiger partial charge in [-0.1, -0.05) is 30.3 Å². The zero-order valence-corrected chi connectivity index (χ0v) is 15.4. The van der Waals surface area contributed by atoms with Crippen LogP contribution in [-0.2, 0) is 21.2 Å². The van der Waals surface area contributed by atoms with Gasteiger partial charge in [0.15, 0.2) is 0 Å². The third-order valence-electron chi connectivity index (χ3n) is 4.36. The third-order valence-corrected chi connectivity index (χ3v) is 6.32. The molecule has 6 heteroatoms. The van der Waals surface area contributed by atoms with Crippen LogP contribution in [-0.4, -0.2) is 43.5 Å². The van der Waals surface area contributed by atoms with Crippen molar-refractivity contribution in [2.24, 2.45) is 5.92 Å². The molecular formula is C18H28N2O3S. The highest BCUT2D eigenvalue weighted by Crippen LogP contribution is 2.21. The Kier molecular flexibility index (Phi) is 6.80. The van der Waals surface area contributed by atoms with Crippen molar-refractivity contribution in [3.8, 4) is 0 Å². The van der Waals surface area contributed by atoms with E-state index in [1.54, 1.807) is 4.31 Å². The topological polar surface area (TPSA) is 66.5 Å². The normalized spacial score (nSPS) is 17.1. The highest BCUT2D eigenvalue weighted by atomic mass is 32.2. The highest BCUT2D eigenvalue weighted by molar-refractivity contribution is 7.89. The first-order chi connectivity index (χ1) is 11.4. The summed E-state index contributed by atoms with van der Waals surface area (Å²) in [5, 5.41) is 2.91. The Morgan fingerprint density at radius 1 is 1.21 bits per heavy atom. The molecule has 0 saturated carbocycles. The maximum atomic E-state index is 12.5. The van der Waals surface area contributed by atoms with Gasteiger partial charge in [-0.25, -0.2) is 12.7 Å². The summed E-state index contributed by atoms with van der Waals surface area (Å²) in [6.45, 7) is 4.77. The van der Waals surface area contributed by atoms with Crippen molar-refractivity contribution in [2.75, 3.05) is 18.8 Å².